The van der Waals surface area contributed by atoms with Crippen LogP contribution < -0.4 is 15.4 Å². The van der Waals surface area contributed by atoms with Crippen molar-refractivity contribution in [2.45, 2.75) is 6.42 Å². The van der Waals surface area contributed by atoms with Gasteiger partial charge in [-0.2, -0.15) is 0 Å². The van der Waals surface area contributed by atoms with E-state index in [1.54, 1.807) is 0 Å². The molecule has 1 aliphatic heterocycles. The maximum Gasteiger partial charge on any atom is 0.313 e. The summed E-state index contributed by atoms with van der Waals surface area (Å²) in [7, 11) is 1.33. The molecule has 2 rings (SSSR count). The maximum atomic E-state index is 14.0. The Labute approximate surface area is 110 Å². The van der Waals surface area contributed by atoms with Crippen LogP contribution in [0.25, 0.3) is 0 Å². The molecular formula is C12H16FN3O3. The van der Waals surface area contributed by atoms with E-state index in [-0.39, 0.29) is 11.4 Å². The minimum Gasteiger partial charge on any atom is -0.490 e. The van der Waals surface area contributed by atoms with Crippen molar-refractivity contribution in [3.63, 3.8) is 0 Å². The number of anilines is 1. The van der Waals surface area contributed by atoms with Crippen LogP contribution >= 0.6 is 0 Å². The lowest BCUT2D eigenvalue weighted by Crippen LogP contribution is -2.23. The van der Waals surface area contributed by atoms with Gasteiger partial charge in [-0.25, -0.2) is 4.39 Å². The molecule has 19 heavy (non-hydrogen) atoms. The van der Waals surface area contributed by atoms with E-state index in [4.69, 9.17) is 10.5 Å². The van der Waals surface area contributed by atoms with Gasteiger partial charge < -0.3 is 15.4 Å². The highest BCUT2D eigenvalue weighted by atomic mass is 19.1. The molecule has 0 radical (unpaired) electrons. The first kappa shape index (κ1) is 13.5. The Kier molecular flexibility index (Phi) is 3.84. The van der Waals surface area contributed by atoms with Crippen molar-refractivity contribution in [2.75, 3.05) is 31.6 Å². The number of hydrogen-bond acceptors (Lipinski definition) is 5. The largest absolute Gasteiger partial charge is 0.490 e. The van der Waals surface area contributed by atoms with Crippen LogP contribution in [0.1, 0.15) is 6.42 Å². The number of nitrogens with zero attached hydrogens (tertiary/aromatic N) is 2. The van der Waals surface area contributed by atoms with Crippen LogP contribution in [0.15, 0.2) is 12.1 Å². The van der Waals surface area contributed by atoms with Crippen molar-refractivity contribution in [1.29, 1.82) is 0 Å². The van der Waals surface area contributed by atoms with Crippen LogP contribution in [0, 0.1) is 21.8 Å². The number of hydrogen-bond donors (Lipinski definition) is 1. The predicted molar refractivity (Wildman–Crippen MR) is 69.0 cm³/mol. The number of halogens is 1. The fraction of sp³-hybridized carbons (Fsp3) is 0.500. The predicted octanol–water partition coefficient (Wildman–Crippen LogP) is 1.53. The number of ether oxygens (including phenoxy) is 1. The molecule has 1 saturated heterocycles. The number of nitro groups is 1. The van der Waals surface area contributed by atoms with E-state index in [1.165, 1.54) is 13.2 Å². The topological polar surface area (TPSA) is 81.6 Å². The number of nitro benzene ring substituents is 1. The molecule has 1 unspecified atom stereocenters. The number of rotatable bonds is 4. The van der Waals surface area contributed by atoms with Crippen molar-refractivity contribution in [3.8, 4) is 5.75 Å². The number of nitrogens with two attached hydrogens (primary N) is 1. The van der Waals surface area contributed by atoms with Crippen molar-refractivity contribution in [3.05, 3.63) is 28.1 Å². The Hall–Kier alpha value is -1.89. The first-order valence-electron chi connectivity index (χ1n) is 6.03. The lowest BCUT2D eigenvalue weighted by atomic mass is 10.1. The molecule has 7 heteroatoms. The summed E-state index contributed by atoms with van der Waals surface area (Å²) >= 11 is 0. The first-order valence-corrected chi connectivity index (χ1v) is 6.03. The molecule has 1 aromatic carbocycles. The van der Waals surface area contributed by atoms with Crippen LogP contribution in [-0.4, -0.2) is 31.7 Å². The first-order chi connectivity index (χ1) is 9.06. The van der Waals surface area contributed by atoms with Gasteiger partial charge in [0.2, 0.25) is 0 Å². The monoisotopic (exact) mass is 269 g/mol. The maximum absolute atomic E-state index is 14.0. The molecule has 1 fully saturated rings. The van der Waals surface area contributed by atoms with Gasteiger partial charge >= 0.3 is 5.69 Å². The minimum absolute atomic E-state index is 0.0672. The van der Waals surface area contributed by atoms with E-state index < -0.39 is 10.7 Å². The molecule has 0 saturated carbocycles. The molecule has 1 aromatic rings. The van der Waals surface area contributed by atoms with E-state index in [0.717, 1.165) is 12.5 Å². The number of methoxy groups -OCH3 is 1. The Morgan fingerprint density at radius 1 is 1.63 bits per heavy atom. The van der Waals surface area contributed by atoms with Gasteiger partial charge in [0.25, 0.3) is 0 Å². The summed E-state index contributed by atoms with van der Waals surface area (Å²) in [5.74, 6) is -0.205. The van der Waals surface area contributed by atoms with Gasteiger partial charge in [-0.1, -0.05) is 0 Å². The molecule has 0 aliphatic carbocycles. The molecule has 1 atom stereocenters. The van der Waals surface area contributed by atoms with Gasteiger partial charge in [0.05, 0.1) is 23.8 Å². The second-order valence-corrected chi connectivity index (χ2v) is 4.57. The quantitative estimate of drug-likeness (QED) is 0.662. The van der Waals surface area contributed by atoms with Crippen molar-refractivity contribution >= 4 is 11.4 Å². The zero-order valence-corrected chi connectivity index (χ0v) is 10.6. The highest BCUT2D eigenvalue weighted by molar-refractivity contribution is 5.60. The van der Waals surface area contributed by atoms with Gasteiger partial charge in [-0.05, 0) is 18.9 Å². The van der Waals surface area contributed by atoms with Gasteiger partial charge in [0, 0.05) is 19.2 Å². The van der Waals surface area contributed by atoms with E-state index in [1.807, 2.05) is 4.90 Å². The third-order valence-corrected chi connectivity index (χ3v) is 3.40. The molecule has 0 amide bonds. The Balaban J connectivity index is 2.34. The smallest absolute Gasteiger partial charge is 0.313 e. The third-order valence-electron chi connectivity index (χ3n) is 3.40. The van der Waals surface area contributed by atoms with E-state index in [0.29, 0.717) is 31.2 Å². The van der Waals surface area contributed by atoms with Gasteiger partial charge in [-0.3, -0.25) is 10.1 Å². The fourth-order valence-corrected chi connectivity index (χ4v) is 2.32. The molecule has 0 bridgehead atoms. The van der Waals surface area contributed by atoms with E-state index in [2.05, 4.69) is 0 Å². The van der Waals surface area contributed by atoms with Crippen LogP contribution in [0.2, 0.25) is 0 Å². The standard InChI is InChI=1S/C12H16FN3O3/c1-19-12-5-10(9(13)4-11(12)16(17)18)15-3-2-8(6-14)7-15/h4-5,8H,2-3,6-7,14H2,1H3. The number of benzene rings is 1. The summed E-state index contributed by atoms with van der Waals surface area (Å²) in [5, 5.41) is 10.8. The Bertz CT molecular complexity index is 495. The molecule has 6 nitrogen and oxygen atoms in total. The minimum atomic E-state index is -0.654. The average Bonchev–Trinajstić information content (AvgIpc) is 2.86. The lowest BCUT2D eigenvalue weighted by molar-refractivity contribution is -0.385. The van der Waals surface area contributed by atoms with Crippen molar-refractivity contribution in [1.82, 2.24) is 0 Å². The average molecular weight is 269 g/mol. The molecule has 104 valence electrons. The van der Waals surface area contributed by atoms with Crippen LogP contribution in [-0.2, 0) is 0 Å². The zero-order chi connectivity index (χ0) is 14.0. The molecular weight excluding hydrogens is 253 g/mol. The Morgan fingerprint density at radius 3 is 2.89 bits per heavy atom. The fourth-order valence-electron chi connectivity index (χ4n) is 2.32. The van der Waals surface area contributed by atoms with Gasteiger partial charge in [0.1, 0.15) is 0 Å². The van der Waals surface area contributed by atoms with Crippen molar-refractivity contribution < 1.29 is 14.1 Å². The summed E-state index contributed by atoms with van der Waals surface area (Å²) < 4.78 is 18.9. The SMILES string of the molecule is COc1cc(N2CCC(CN)C2)c(F)cc1[N+](=O)[O-]. The summed E-state index contributed by atoms with van der Waals surface area (Å²) in [5.41, 5.74) is 5.57. The lowest BCUT2D eigenvalue weighted by Gasteiger charge is -2.19. The summed E-state index contributed by atoms with van der Waals surface area (Å²) in [6, 6.07) is 2.29. The summed E-state index contributed by atoms with van der Waals surface area (Å²) in [6.07, 6.45) is 0.898. The second kappa shape index (κ2) is 5.40. The highest BCUT2D eigenvalue weighted by Crippen LogP contribution is 2.35. The van der Waals surface area contributed by atoms with Crippen LogP contribution in [0.5, 0.6) is 5.75 Å². The normalized spacial score (nSPS) is 18.7. The Morgan fingerprint density at radius 2 is 2.37 bits per heavy atom. The molecule has 2 N–H and O–H groups in total. The summed E-state index contributed by atoms with van der Waals surface area (Å²) in [6.45, 7) is 1.91. The summed E-state index contributed by atoms with van der Waals surface area (Å²) in [4.78, 5) is 12.0. The van der Waals surface area contributed by atoms with Crippen LogP contribution in [0.4, 0.5) is 15.8 Å². The highest BCUT2D eigenvalue weighted by Gasteiger charge is 2.27. The second-order valence-electron chi connectivity index (χ2n) is 4.57. The molecule has 1 aliphatic rings. The van der Waals surface area contributed by atoms with Crippen molar-refractivity contribution in [2.24, 2.45) is 11.7 Å². The van der Waals surface area contributed by atoms with Gasteiger partial charge in [0.15, 0.2) is 11.6 Å². The molecule has 0 spiro atoms. The van der Waals surface area contributed by atoms with Gasteiger partial charge in [-0.15, -0.1) is 0 Å². The van der Waals surface area contributed by atoms with E-state index in [9.17, 15) is 14.5 Å². The van der Waals surface area contributed by atoms with E-state index >= 15 is 0 Å². The third kappa shape index (κ3) is 2.60. The molecule has 0 aromatic heterocycles. The van der Waals surface area contributed by atoms with Crippen LogP contribution in [0.3, 0.4) is 0 Å². The molecule has 1 heterocycles. The zero-order valence-electron chi connectivity index (χ0n) is 10.6.